The highest BCUT2D eigenvalue weighted by molar-refractivity contribution is 4.99. The van der Waals surface area contributed by atoms with Gasteiger partial charge < -0.3 is 10.6 Å². The average molecular weight is 238 g/mol. The van der Waals surface area contributed by atoms with Gasteiger partial charge in [0.2, 0.25) is 0 Å². The van der Waals surface area contributed by atoms with Crippen molar-refractivity contribution in [1.82, 2.24) is 21.3 Å². The SMILES string of the molecule is C1CC2(CCN1)CCN2.C1CNC2(C1)CCN2. The summed E-state index contributed by atoms with van der Waals surface area (Å²) in [7, 11) is 0. The first-order valence-corrected chi connectivity index (χ1v) is 7.29. The van der Waals surface area contributed by atoms with E-state index in [-0.39, 0.29) is 0 Å². The predicted molar refractivity (Wildman–Crippen MR) is 70.0 cm³/mol. The fourth-order valence-corrected chi connectivity index (χ4v) is 3.41. The summed E-state index contributed by atoms with van der Waals surface area (Å²) in [6, 6.07) is 0. The van der Waals surface area contributed by atoms with Crippen LogP contribution in [0, 0.1) is 0 Å². The fourth-order valence-electron chi connectivity index (χ4n) is 3.41. The first-order chi connectivity index (χ1) is 8.33. The van der Waals surface area contributed by atoms with E-state index in [1.807, 2.05) is 0 Å². The summed E-state index contributed by atoms with van der Waals surface area (Å²) in [4.78, 5) is 0. The Balaban J connectivity index is 0.000000107. The minimum Gasteiger partial charge on any atom is -0.317 e. The Morgan fingerprint density at radius 1 is 0.588 bits per heavy atom. The van der Waals surface area contributed by atoms with Crippen molar-refractivity contribution in [2.45, 2.75) is 49.7 Å². The molecule has 98 valence electrons. The second kappa shape index (κ2) is 4.84. The van der Waals surface area contributed by atoms with Crippen LogP contribution in [0.15, 0.2) is 0 Å². The van der Waals surface area contributed by atoms with Crippen molar-refractivity contribution in [3.63, 3.8) is 0 Å². The Kier molecular flexibility index (Phi) is 3.39. The topological polar surface area (TPSA) is 48.1 Å². The van der Waals surface area contributed by atoms with E-state index in [2.05, 4.69) is 21.3 Å². The number of nitrogens with one attached hydrogen (secondary N) is 4. The number of piperidine rings is 1. The smallest absolute Gasteiger partial charge is 0.0699 e. The molecule has 4 aliphatic rings. The molecule has 4 saturated heterocycles. The molecule has 0 radical (unpaired) electrons. The summed E-state index contributed by atoms with van der Waals surface area (Å²) in [5, 5.41) is 13.8. The van der Waals surface area contributed by atoms with E-state index in [9.17, 15) is 0 Å². The van der Waals surface area contributed by atoms with Crippen molar-refractivity contribution in [1.29, 1.82) is 0 Å². The molecule has 4 heteroatoms. The maximum absolute atomic E-state index is 3.52. The molecule has 1 unspecified atom stereocenters. The molecule has 4 rings (SSSR count). The Bertz CT molecular complexity index is 242. The van der Waals surface area contributed by atoms with Gasteiger partial charge in [-0.15, -0.1) is 0 Å². The van der Waals surface area contributed by atoms with E-state index >= 15 is 0 Å². The lowest BCUT2D eigenvalue weighted by Gasteiger charge is -2.46. The van der Waals surface area contributed by atoms with Gasteiger partial charge in [0.1, 0.15) is 0 Å². The van der Waals surface area contributed by atoms with Gasteiger partial charge in [-0.1, -0.05) is 0 Å². The van der Waals surface area contributed by atoms with E-state index in [4.69, 9.17) is 0 Å². The summed E-state index contributed by atoms with van der Waals surface area (Å²) >= 11 is 0. The molecule has 4 aliphatic heterocycles. The minimum atomic E-state index is 0.417. The van der Waals surface area contributed by atoms with Crippen LogP contribution < -0.4 is 21.3 Å². The molecule has 0 saturated carbocycles. The van der Waals surface area contributed by atoms with Crippen molar-refractivity contribution in [3.05, 3.63) is 0 Å². The molecular weight excluding hydrogens is 212 g/mol. The number of hydrogen-bond donors (Lipinski definition) is 4. The van der Waals surface area contributed by atoms with E-state index in [0.717, 1.165) is 0 Å². The third-order valence-corrected chi connectivity index (χ3v) is 4.92. The third-order valence-electron chi connectivity index (χ3n) is 4.92. The molecule has 4 fully saturated rings. The zero-order chi connectivity index (χ0) is 11.6. The van der Waals surface area contributed by atoms with Gasteiger partial charge in [-0.25, -0.2) is 0 Å². The first kappa shape index (κ1) is 11.9. The average Bonchev–Trinajstić information content (AvgIpc) is 2.78. The van der Waals surface area contributed by atoms with Crippen LogP contribution in [-0.2, 0) is 0 Å². The Hall–Kier alpha value is -0.160. The molecule has 1 atom stereocenters. The van der Waals surface area contributed by atoms with Crippen molar-refractivity contribution in [2.75, 3.05) is 32.7 Å². The van der Waals surface area contributed by atoms with Crippen molar-refractivity contribution >= 4 is 0 Å². The molecular formula is C13H26N4. The van der Waals surface area contributed by atoms with Crippen LogP contribution in [0.25, 0.3) is 0 Å². The summed E-state index contributed by atoms with van der Waals surface area (Å²) < 4.78 is 0. The number of hydrogen-bond acceptors (Lipinski definition) is 4. The van der Waals surface area contributed by atoms with E-state index in [1.165, 1.54) is 71.2 Å². The second-order valence-electron chi connectivity index (χ2n) is 6.00. The normalized spacial score (nSPS) is 38.1. The van der Waals surface area contributed by atoms with Crippen LogP contribution in [0.2, 0.25) is 0 Å². The van der Waals surface area contributed by atoms with Crippen LogP contribution in [0.3, 0.4) is 0 Å². The van der Waals surface area contributed by atoms with E-state index < -0.39 is 0 Å². The highest BCUT2D eigenvalue weighted by Crippen LogP contribution is 2.27. The largest absolute Gasteiger partial charge is 0.317 e. The molecule has 2 spiro atoms. The summed E-state index contributed by atoms with van der Waals surface area (Å²) in [5.41, 5.74) is 1.01. The van der Waals surface area contributed by atoms with Gasteiger partial charge in [0.05, 0.1) is 5.66 Å². The summed E-state index contributed by atoms with van der Waals surface area (Å²) in [6.45, 7) is 6.11. The standard InChI is InChI=1S/C7H14N2.C6H12N2/c1-4-8-5-2-7(1)3-6-9-7;1-2-6(7-4-1)3-5-8-6/h8-9H,1-6H2;7-8H,1-5H2. The van der Waals surface area contributed by atoms with Crippen LogP contribution in [-0.4, -0.2) is 43.9 Å². The van der Waals surface area contributed by atoms with Crippen LogP contribution in [0.4, 0.5) is 0 Å². The first-order valence-electron chi connectivity index (χ1n) is 7.29. The predicted octanol–water partition coefficient (Wildman–Crippen LogP) is 0.161. The van der Waals surface area contributed by atoms with Gasteiger partial charge in [-0.05, 0) is 71.2 Å². The maximum atomic E-state index is 3.52. The lowest BCUT2D eigenvalue weighted by Crippen LogP contribution is -2.62. The molecule has 0 bridgehead atoms. The van der Waals surface area contributed by atoms with Crippen molar-refractivity contribution in [2.24, 2.45) is 0 Å². The lowest BCUT2D eigenvalue weighted by molar-refractivity contribution is 0.153. The van der Waals surface area contributed by atoms with Gasteiger partial charge in [-0.2, -0.15) is 0 Å². The van der Waals surface area contributed by atoms with Crippen molar-refractivity contribution in [3.8, 4) is 0 Å². The molecule has 0 aromatic rings. The minimum absolute atomic E-state index is 0.417. The monoisotopic (exact) mass is 238 g/mol. The van der Waals surface area contributed by atoms with Crippen LogP contribution in [0.5, 0.6) is 0 Å². The van der Waals surface area contributed by atoms with Crippen LogP contribution >= 0.6 is 0 Å². The van der Waals surface area contributed by atoms with Gasteiger partial charge in [0.15, 0.2) is 0 Å². The Labute approximate surface area is 104 Å². The lowest BCUT2D eigenvalue weighted by atomic mass is 9.80. The Morgan fingerprint density at radius 3 is 1.59 bits per heavy atom. The fraction of sp³-hybridized carbons (Fsp3) is 1.00. The zero-order valence-corrected chi connectivity index (χ0v) is 10.8. The van der Waals surface area contributed by atoms with Gasteiger partial charge in [-0.3, -0.25) is 10.6 Å². The molecule has 0 aromatic carbocycles. The molecule has 4 heterocycles. The van der Waals surface area contributed by atoms with E-state index in [1.54, 1.807) is 0 Å². The second-order valence-corrected chi connectivity index (χ2v) is 6.00. The quantitative estimate of drug-likeness (QED) is 0.486. The van der Waals surface area contributed by atoms with Crippen LogP contribution in [0.1, 0.15) is 38.5 Å². The molecule has 0 amide bonds. The molecule has 4 N–H and O–H groups in total. The molecule has 4 nitrogen and oxygen atoms in total. The van der Waals surface area contributed by atoms with Gasteiger partial charge >= 0.3 is 0 Å². The summed E-state index contributed by atoms with van der Waals surface area (Å²) in [5.74, 6) is 0. The molecule has 0 aliphatic carbocycles. The summed E-state index contributed by atoms with van der Waals surface area (Å²) in [6.07, 6.45) is 8.13. The van der Waals surface area contributed by atoms with Gasteiger partial charge in [0.25, 0.3) is 0 Å². The highest BCUT2D eigenvalue weighted by Gasteiger charge is 2.38. The van der Waals surface area contributed by atoms with Crippen molar-refractivity contribution < 1.29 is 0 Å². The molecule has 17 heavy (non-hydrogen) atoms. The highest BCUT2D eigenvalue weighted by atomic mass is 15.3. The Morgan fingerprint density at radius 2 is 1.29 bits per heavy atom. The molecule has 0 aromatic heterocycles. The third kappa shape index (κ3) is 2.50. The van der Waals surface area contributed by atoms with E-state index in [0.29, 0.717) is 11.2 Å². The van der Waals surface area contributed by atoms with Gasteiger partial charge in [0, 0.05) is 5.54 Å². The zero-order valence-electron chi connectivity index (χ0n) is 10.8. The number of rotatable bonds is 0. The maximum Gasteiger partial charge on any atom is 0.0699 e.